The van der Waals surface area contributed by atoms with Crippen molar-refractivity contribution < 1.29 is 4.79 Å². The molecule has 0 radical (unpaired) electrons. The zero-order valence-electron chi connectivity index (χ0n) is 13.7. The maximum Gasteiger partial charge on any atom is 0.319 e. The predicted octanol–water partition coefficient (Wildman–Crippen LogP) is 3.56. The maximum atomic E-state index is 12.2. The maximum absolute atomic E-state index is 12.2. The lowest BCUT2D eigenvalue weighted by Gasteiger charge is -2.14. The van der Waals surface area contributed by atoms with Crippen molar-refractivity contribution in [2.45, 2.75) is 53.6 Å². The number of urea groups is 1. The van der Waals surface area contributed by atoms with Crippen LogP contribution >= 0.6 is 11.3 Å². The molecular weight excluding hydrogens is 298 g/mol. The quantitative estimate of drug-likeness (QED) is 0.884. The average molecular weight is 321 g/mol. The lowest BCUT2D eigenvalue weighted by Crippen LogP contribution is -2.32. The molecule has 2 aromatic heterocycles. The van der Waals surface area contributed by atoms with Gasteiger partial charge in [0.25, 0.3) is 0 Å². The van der Waals surface area contributed by atoms with E-state index in [1.807, 2.05) is 40.8 Å². The summed E-state index contributed by atoms with van der Waals surface area (Å²) >= 11 is 1.64. The van der Waals surface area contributed by atoms with E-state index in [4.69, 9.17) is 0 Å². The summed E-state index contributed by atoms with van der Waals surface area (Å²) in [5.74, 6) is 0. The summed E-state index contributed by atoms with van der Waals surface area (Å²) < 4.78 is 1.80. The van der Waals surface area contributed by atoms with Crippen molar-refractivity contribution in [3.8, 4) is 0 Å². The molecule has 2 heterocycles. The van der Waals surface area contributed by atoms with Crippen LogP contribution in [-0.4, -0.2) is 20.8 Å². The summed E-state index contributed by atoms with van der Waals surface area (Å²) in [5, 5.41) is 11.1. The first-order valence-electron chi connectivity index (χ1n) is 7.50. The first-order valence-corrected chi connectivity index (χ1v) is 8.31. The van der Waals surface area contributed by atoms with Crippen molar-refractivity contribution in [3.63, 3.8) is 0 Å². The van der Waals surface area contributed by atoms with Crippen molar-refractivity contribution in [2.75, 3.05) is 5.32 Å². The van der Waals surface area contributed by atoms with E-state index in [0.717, 1.165) is 35.0 Å². The van der Waals surface area contributed by atoms with Crippen molar-refractivity contribution in [2.24, 2.45) is 0 Å². The van der Waals surface area contributed by atoms with E-state index in [0.29, 0.717) is 0 Å². The Hall–Kier alpha value is -1.89. The third-order valence-electron chi connectivity index (χ3n) is 3.58. The molecule has 0 aliphatic heterocycles. The van der Waals surface area contributed by atoms with Gasteiger partial charge in [-0.05, 0) is 34.1 Å². The number of aromatic nitrogens is 3. The molecule has 0 fully saturated rings. The van der Waals surface area contributed by atoms with E-state index in [1.54, 1.807) is 16.0 Å². The fourth-order valence-corrected chi connectivity index (χ4v) is 3.16. The molecule has 2 aromatic rings. The standard InChI is InChI=1S/C15H23N5OS/c1-6-12(14-16-9(3)11(5)22-14)17-15(21)18-13-8-20(7-2)19-10(13)4/h8,12H,6-7H2,1-5H3,(H2,17,18,21)/t12-/m1/s1. The molecule has 0 saturated heterocycles. The summed E-state index contributed by atoms with van der Waals surface area (Å²) in [6.07, 6.45) is 2.64. The van der Waals surface area contributed by atoms with Crippen LogP contribution in [0.25, 0.3) is 0 Å². The molecule has 120 valence electrons. The Labute approximate surface area is 135 Å². The summed E-state index contributed by atoms with van der Waals surface area (Å²) in [4.78, 5) is 17.9. The van der Waals surface area contributed by atoms with Crippen LogP contribution in [-0.2, 0) is 6.54 Å². The Morgan fingerprint density at radius 1 is 1.32 bits per heavy atom. The molecule has 0 saturated carbocycles. The van der Waals surface area contributed by atoms with Crippen LogP contribution in [0.5, 0.6) is 0 Å². The van der Waals surface area contributed by atoms with Crippen LogP contribution in [0.2, 0.25) is 0 Å². The van der Waals surface area contributed by atoms with E-state index < -0.39 is 0 Å². The molecule has 0 bridgehead atoms. The smallest absolute Gasteiger partial charge is 0.319 e. The molecule has 6 nitrogen and oxygen atoms in total. The Morgan fingerprint density at radius 3 is 2.55 bits per heavy atom. The van der Waals surface area contributed by atoms with Crippen molar-refractivity contribution in [1.82, 2.24) is 20.1 Å². The zero-order chi connectivity index (χ0) is 16.3. The minimum Gasteiger partial charge on any atom is -0.329 e. The van der Waals surface area contributed by atoms with E-state index in [-0.39, 0.29) is 12.1 Å². The molecule has 0 aliphatic carbocycles. The first kappa shape index (κ1) is 16.5. The fourth-order valence-electron chi connectivity index (χ4n) is 2.10. The molecule has 0 spiro atoms. The molecule has 2 amide bonds. The summed E-state index contributed by atoms with van der Waals surface area (Å²) in [6.45, 7) is 10.7. The Kier molecular flexibility index (Phi) is 5.18. The first-order chi connectivity index (χ1) is 10.4. The van der Waals surface area contributed by atoms with Crippen LogP contribution < -0.4 is 10.6 Å². The normalized spacial score (nSPS) is 12.2. The van der Waals surface area contributed by atoms with Gasteiger partial charge in [0.2, 0.25) is 0 Å². The van der Waals surface area contributed by atoms with E-state index in [2.05, 4.69) is 20.7 Å². The highest BCUT2D eigenvalue weighted by molar-refractivity contribution is 7.11. The second-order valence-corrected chi connectivity index (χ2v) is 6.47. The molecule has 2 N–H and O–H groups in total. The lowest BCUT2D eigenvalue weighted by molar-refractivity contribution is 0.248. The molecule has 0 aromatic carbocycles. The van der Waals surface area contributed by atoms with Crippen molar-refractivity contribution >= 4 is 23.1 Å². The van der Waals surface area contributed by atoms with Gasteiger partial charge in [0.05, 0.1) is 23.1 Å². The van der Waals surface area contributed by atoms with Crippen LogP contribution in [0.1, 0.15) is 47.6 Å². The highest BCUT2D eigenvalue weighted by Gasteiger charge is 2.18. The SMILES string of the molecule is CC[C@@H](NC(=O)Nc1cn(CC)nc1C)c1nc(C)c(C)s1. The molecule has 7 heteroatoms. The number of carbonyl (C=O) groups excluding carboxylic acids is 1. The molecule has 0 unspecified atom stereocenters. The van der Waals surface area contributed by atoms with Gasteiger partial charge in [-0.1, -0.05) is 6.92 Å². The number of nitrogens with zero attached hydrogens (tertiary/aromatic N) is 3. The number of rotatable bonds is 5. The monoisotopic (exact) mass is 321 g/mol. The number of nitrogens with one attached hydrogen (secondary N) is 2. The van der Waals surface area contributed by atoms with Gasteiger partial charge in [0.1, 0.15) is 5.01 Å². The number of hydrogen-bond acceptors (Lipinski definition) is 4. The second-order valence-electron chi connectivity index (χ2n) is 5.24. The number of hydrogen-bond donors (Lipinski definition) is 2. The molecule has 2 rings (SSSR count). The van der Waals surface area contributed by atoms with E-state index >= 15 is 0 Å². The largest absolute Gasteiger partial charge is 0.329 e. The van der Waals surface area contributed by atoms with Gasteiger partial charge in [0.15, 0.2) is 0 Å². The minimum atomic E-state index is -0.226. The summed E-state index contributed by atoms with van der Waals surface area (Å²) in [7, 11) is 0. The Morgan fingerprint density at radius 2 is 2.05 bits per heavy atom. The lowest BCUT2D eigenvalue weighted by atomic mass is 10.2. The third kappa shape index (κ3) is 3.65. The second kappa shape index (κ2) is 6.91. The van der Waals surface area contributed by atoms with Crippen LogP contribution in [0, 0.1) is 20.8 Å². The number of thiazole rings is 1. The van der Waals surface area contributed by atoms with Crippen molar-refractivity contribution in [3.05, 3.63) is 27.5 Å². The van der Waals surface area contributed by atoms with Gasteiger partial charge in [-0.3, -0.25) is 4.68 Å². The number of carbonyl (C=O) groups is 1. The number of amides is 2. The topological polar surface area (TPSA) is 71.8 Å². The van der Waals surface area contributed by atoms with Gasteiger partial charge >= 0.3 is 6.03 Å². The van der Waals surface area contributed by atoms with Gasteiger partial charge in [0, 0.05) is 17.6 Å². The van der Waals surface area contributed by atoms with E-state index in [9.17, 15) is 4.79 Å². The fraction of sp³-hybridized carbons (Fsp3) is 0.533. The summed E-state index contributed by atoms with van der Waals surface area (Å²) in [6, 6.07) is -0.296. The minimum absolute atomic E-state index is 0.0704. The van der Waals surface area contributed by atoms with Crippen LogP contribution in [0.15, 0.2) is 6.20 Å². The predicted molar refractivity (Wildman–Crippen MR) is 89.4 cm³/mol. The molecular formula is C15H23N5OS. The van der Waals surface area contributed by atoms with Gasteiger partial charge in [-0.2, -0.15) is 5.10 Å². The highest BCUT2D eigenvalue weighted by Crippen LogP contribution is 2.25. The Balaban J connectivity index is 2.04. The van der Waals surface area contributed by atoms with Gasteiger partial charge < -0.3 is 10.6 Å². The zero-order valence-corrected chi connectivity index (χ0v) is 14.5. The van der Waals surface area contributed by atoms with Gasteiger partial charge in [-0.25, -0.2) is 9.78 Å². The average Bonchev–Trinajstić information content (AvgIpc) is 3.00. The Bertz CT molecular complexity index is 641. The number of aryl methyl sites for hydroxylation is 4. The molecule has 0 aliphatic rings. The summed E-state index contributed by atoms with van der Waals surface area (Å²) in [5.41, 5.74) is 2.58. The van der Waals surface area contributed by atoms with Crippen LogP contribution in [0.4, 0.5) is 10.5 Å². The molecule has 1 atom stereocenters. The van der Waals surface area contributed by atoms with Crippen molar-refractivity contribution in [1.29, 1.82) is 0 Å². The van der Waals surface area contributed by atoms with E-state index in [1.165, 1.54) is 4.88 Å². The van der Waals surface area contributed by atoms with Crippen LogP contribution in [0.3, 0.4) is 0 Å². The molecule has 22 heavy (non-hydrogen) atoms. The third-order valence-corrected chi connectivity index (χ3v) is 4.76. The van der Waals surface area contributed by atoms with Gasteiger partial charge in [-0.15, -0.1) is 11.3 Å². The highest BCUT2D eigenvalue weighted by atomic mass is 32.1. The number of anilines is 1.